The molecule has 7 heteroatoms. The number of guanidine groups is 1. The van der Waals surface area contributed by atoms with E-state index in [1.165, 1.54) is 5.56 Å². The first-order chi connectivity index (χ1) is 12.6. The number of nitrogens with zero attached hydrogens (tertiary/aromatic N) is 2. The van der Waals surface area contributed by atoms with Crippen LogP contribution in [0, 0.1) is 6.92 Å². The van der Waals surface area contributed by atoms with Gasteiger partial charge in [-0.1, -0.05) is 12.1 Å². The number of hydrogen-bond acceptors (Lipinski definition) is 4. The van der Waals surface area contributed by atoms with E-state index >= 15 is 0 Å². The fraction of sp³-hybridized carbons (Fsp3) is 0.650. The lowest BCUT2D eigenvalue weighted by molar-refractivity contribution is 0.180. The van der Waals surface area contributed by atoms with Crippen LogP contribution < -0.4 is 15.4 Å². The van der Waals surface area contributed by atoms with Gasteiger partial charge in [0.2, 0.25) is 0 Å². The zero-order valence-corrected chi connectivity index (χ0v) is 19.8. The minimum atomic E-state index is 0. The first-order valence-corrected chi connectivity index (χ1v) is 9.52. The fourth-order valence-corrected chi connectivity index (χ4v) is 2.60. The van der Waals surface area contributed by atoms with Gasteiger partial charge in [0.05, 0.1) is 13.2 Å². The highest BCUT2D eigenvalue weighted by Crippen LogP contribution is 2.19. The highest BCUT2D eigenvalue weighted by Gasteiger charge is 2.03. The molecule has 0 aliphatic heterocycles. The molecule has 0 unspecified atom stereocenters. The van der Waals surface area contributed by atoms with Gasteiger partial charge >= 0.3 is 0 Å². The minimum absolute atomic E-state index is 0. The third-order valence-corrected chi connectivity index (χ3v) is 3.98. The van der Waals surface area contributed by atoms with Gasteiger partial charge in [0.15, 0.2) is 5.96 Å². The zero-order chi connectivity index (χ0) is 19.2. The molecule has 1 aromatic carbocycles. The molecule has 0 saturated heterocycles. The molecule has 0 aliphatic rings. The largest absolute Gasteiger partial charge is 0.494 e. The summed E-state index contributed by atoms with van der Waals surface area (Å²) in [5.74, 6) is 1.80. The molecule has 0 radical (unpaired) electrons. The van der Waals surface area contributed by atoms with Crippen LogP contribution in [0.15, 0.2) is 23.2 Å². The standard InChI is InChI=1S/C20H36N4O2.HI/c1-6-21-20(22-11-13-24(4)12-8-14-25-5)23-16-18-9-10-19(26-7-2)17(3)15-18;/h9-10,15H,6-8,11-14,16H2,1-5H3,(H2,21,22,23);1H. The second kappa shape index (κ2) is 15.9. The van der Waals surface area contributed by atoms with E-state index in [1.54, 1.807) is 7.11 Å². The Morgan fingerprint density at radius 2 is 1.96 bits per heavy atom. The number of aliphatic imine (C=N–C) groups is 1. The Bertz CT molecular complexity index is 541. The number of rotatable bonds is 12. The summed E-state index contributed by atoms with van der Waals surface area (Å²) < 4.78 is 10.7. The first-order valence-electron chi connectivity index (χ1n) is 9.52. The van der Waals surface area contributed by atoms with Crippen molar-refractivity contribution >= 4 is 29.9 Å². The maximum atomic E-state index is 5.59. The van der Waals surface area contributed by atoms with Crippen LogP contribution in [0.5, 0.6) is 5.75 Å². The smallest absolute Gasteiger partial charge is 0.191 e. The molecule has 0 aromatic heterocycles. The van der Waals surface area contributed by atoms with E-state index in [-0.39, 0.29) is 24.0 Å². The van der Waals surface area contributed by atoms with E-state index in [0.717, 1.165) is 56.5 Å². The van der Waals surface area contributed by atoms with E-state index in [1.807, 2.05) is 13.0 Å². The van der Waals surface area contributed by atoms with Crippen molar-refractivity contribution < 1.29 is 9.47 Å². The van der Waals surface area contributed by atoms with Crippen molar-refractivity contribution in [2.24, 2.45) is 4.99 Å². The number of ether oxygens (including phenoxy) is 2. The third kappa shape index (κ3) is 11.4. The molecule has 0 bridgehead atoms. The van der Waals surface area contributed by atoms with E-state index in [4.69, 9.17) is 9.47 Å². The van der Waals surface area contributed by atoms with Crippen molar-refractivity contribution in [2.75, 3.05) is 53.6 Å². The van der Waals surface area contributed by atoms with Gasteiger partial charge in [-0.25, -0.2) is 4.99 Å². The van der Waals surface area contributed by atoms with E-state index in [2.05, 4.69) is 53.6 Å². The molecule has 156 valence electrons. The molecular weight excluding hydrogens is 455 g/mol. The van der Waals surface area contributed by atoms with Gasteiger partial charge in [-0.2, -0.15) is 0 Å². The van der Waals surface area contributed by atoms with Gasteiger partial charge < -0.3 is 25.0 Å². The normalized spacial score (nSPS) is 11.3. The Labute approximate surface area is 182 Å². The summed E-state index contributed by atoms with van der Waals surface area (Å²) in [4.78, 5) is 6.98. The summed E-state index contributed by atoms with van der Waals surface area (Å²) in [5.41, 5.74) is 2.33. The molecule has 0 aliphatic carbocycles. The maximum absolute atomic E-state index is 5.59. The summed E-state index contributed by atoms with van der Waals surface area (Å²) >= 11 is 0. The number of hydrogen-bond donors (Lipinski definition) is 2. The molecule has 0 fully saturated rings. The van der Waals surface area contributed by atoms with Crippen LogP contribution in [0.1, 0.15) is 31.4 Å². The number of methoxy groups -OCH3 is 1. The van der Waals surface area contributed by atoms with E-state index < -0.39 is 0 Å². The van der Waals surface area contributed by atoms with Crippen LogP contribution >= 0.6 is 24.0 Å². The summed E-state index contributed by atoms with van der Waals surface area (Å²) in [6.45, 7) is 12.0. The molecule has 0 atom stereocenters. The summed E-state index contributed by atoms with van der Waals surface area (Å²) in [7, 11) is 3.87. The Balaban J connectivity index is 0.00000676. The third-order valence-electron chi connectivity index (χ3n) is 3.98. The van der Waals surface area contributed by atoms with Crippen LogP contribution in [0.25, 0.3) is 0 Å². The number of halogens is 1. The molecule has 0 spiro atoms. The molecule has 27 heavy (non-hydrogen) atoms. The van der Waals surface area contributed by atoms with Gasteiger partial charge in [-0.05, 0) is 51.4 Å². The number of likely N-dealkylation sites (N-methyl/N-ethyl adjacent to an activating group) is 1. The molecule has 2 N–H and O–H groups in total. The van der Waals surface area contributed by atoms with Gasteiger partial charge in [-0.3, -0.25) is 0 Å². The fourth-order valence-electron chi connectivity index (χ4n) is 2.60. The Kier molecular flexibility index (Phi) is 15.3. The van der Waals surface area contributed by atoms with Gasteiger partial charge in [0.1, 0.15) is 5.75 Å². The Morgan fingerprint density at radius 3 is 2.59 bits per heavy atom. The lowest BCUT2D eigenvalue weighted by atomic mass is 10.1. The Hall–Kier alpha value is -1.06. The molecule has 0 heterocycles. The number of nitrogens with one attached hydrogen (secondary N) is 2. The van der Waals surface area contributed by atoms with Crippen molar-refractivity contribution in [2.45, 2.75) is 33.7 Å². The second-order valence-corrected chi connectivity index (χ2v) is 6.30. The quantitative estimate of drug-likeness (QED) is 0.203. The van der Waals surface area contributed by atoms with Gasteiger partial charge in [0, 0.05) is 39.9 Å². The summed E-state index contributed by atoms with van der Waals surface area (Å²) in [6.07, 6.45) is 1.05. The van der Waals surface area contributed by atoms with Crippen LogP contribution in [-0.4, -0.2) is 64.4 Å². The summed E-state index contributed by atoms with van der Waals surface area (Å²) in [5, 5.41) is 6.70. The second-order valence-electron chi connectivity index (χ2n) is 6.30. The number of benzene rings is 1. The van der Waals surface area contributed by atoms with E-state index in [0.29, 0.717) is 13.2 Å². The van der Waals surface area contributed by atoms with Crippen molar-refractivity contribution in [3.63, 3.8) is 0 Å². The van der Waals surface area contributed by atoms with Crippen molar-refractivity contribution in [3.8, 4) is 5.75 Å². The maximum Gasteiger partial charge on any atom is 0.191 e. The van der Waals surface area contributed by atoms with Crippen LogP contribution in [-0.2, 0) is 11.3 Å². The predicted octanol–water partition coefficient (Wildman–Crippen LogP) is 3.04. The monoisotopic (exact) mass is 492 g/mol. The molecule has 6 nitrogen and oxygen atoms in total. The van der Waals surface area contributed by atoms with Gasteiger partial charge in [-0.15, -0.1) is 24.0 Å². The number of aryl methyl sites for hydroxylation is 1. The average Bonchev–Trinajstić information content (AvgIpc) is 2.62. The predicted molar refractivity (Wildman–Crippen MR) is 125 cm³/mol. The SMILES string of the molecule is CCNC(=NCc1ccc(OCC)c(C)c1)NCCN(C)CCCOC.I. The molecule has 0 amide bonds. The highest BCUT2D eigenvalue weighted by molar-refractivity contribution is 14.0. The van der Waals surface area contributed by atoms with Crippen molar-refractivity contribution in [1.29, 1.82) is 0 Å². The van der Waals surface area contributed by atoms with E-state index in [9.17, 15) is 0 Å². The molecule has 1 aromatic rings. The molecular formula is C20H37IN4O2. The van der Waals surface area contributed by atoms with Crippen LogP contribution in [0.2, 0.25) is 0 Å². The highest BCUT2D eigenvalue weighted by atomic mass is 127. The van der Waals surface area contributed by atoms with Crippen molar-refractivity contribution in [1.82, 2.24) is 15.5 Å². The van der Waals surface area contributed by atoms with Crippen LogP contribution in [0.4, 0.5) is 0 Å². The molecule has 0 saturated carbocycles. The zero-order valence-electron chi connectivity index (χ0n) is 17.5. The van der Waals surface area contributed by atoms with Crippen molar-refractivity contribution in [3.05, 3.63) is 29.3 Å². The lowest BCUT2D eigenvalue weighted by Crippen LogP contribution is -2.41. The Morgan fingerprint density at radius 1 is 1.19 bits per heavy atom. The van der Waals surface area contributed by atoms with Crippen LogP contribution in [0.3, 0.4) is 0 Å². The molecule has 1 rings (SSSR count). The first kappa shape index (κ1) is 25.9. The lowest BCUT2D eigenvalue weighted by Gasteiger charge is -2.18. The average molecular weight is 492 g/mol. The minimum Gasteiger partial charge on any atom is -0.494 e. The van der Waals surface area contributed by atoms with Gasteiger partial charge in [0.25, 0.3) is 0 Å². The summed E-state index contributed by atoms with van der Waals surface area (Å²) in [6, 6.07) is 6.25. The topological polar surface area (TPSA) is 58.1 Å².